The van der Waals surface area contributed by atoms with Crippen molar-refractivity contribution in [1.29, 1.82) is 5.26 Å². The van der Waals surface area contributed by atoms with Crippen LogP contribution in [0.3, 0.4) is 0 Å². The lowest BCUT2D eigenvalue weighted by Crippen LogP contribution is -2.15. The molecule has 2 aromatic rings. The second kappa shape index (κ2) is 8.47. The number of non-ortho nitro benzene ring substituents is 1. The molecule has 0 fully saturated rings. The third kappa shape index (κ3) is 4.81. The molecule has 0 aliphatic heterocycles. The number of aryl methyl sites for hydroxylation is 1. The Morgan fingerprint density at radius 2 is 2.08 bits per heavy atom. The summed E-state index contributed by atoms with van der Waals surface area (Å²) < 4.78 is 0.936. The molecule has 0 spiro atoms. The van der Waals surface area contributed by atoms with Gasteiger partial charge in [0.15, 0.2) is 0 Å². The summed E-state index contributed by atoms with van der Waals surface area (Å²) in [7, 11) is 0. The molecule has 1 amide bonds. The Kier molecular flexibility index (Phi) is 6.33. The quantitative estimate of drug-likeness (QED) is 0.304. The molecule has 0 saturated carbocycles. The minimum Gasteiger partial charge on any atom is -0.360 e. The van der Waals surface area contributed by atoms with E-state index in [9.17, 15) is 20.2 Å². The summed E-state index contributed by atoms with van der Waals surface area (Å²) in [5, 5.41) is 25.4. The maximum Gasteiger partial charge on any atom is 0.271 e. The fourth-order valence-electron chi connectivity index (χ4n) is 1.95. The highest BCUT2D eigenvalue weighted by Gasteiger charge is 2.15. The molecule has 0 atom stereocenters. The third-order valence-electron chi connectivity index (χ3n) is 3.32. The van der Waals surface area contributed by atoms with Gasteiger partial charge in [0.05, 0.1) is 15.6 Å². The molecule has 0 aliphatic rings. The van der Waals surface area contributed by atoms with E-state index in [0.717, 1.165) is 16.1 Å². The number of nitro groups is 1. The van der Waals surface area contributed by atoms with Crippen LogP contribution in [0, 0.1) is 28.4 Å². The molecule has 26 heavy (non-hydrogen) atoms. The Morgan fingerprint density at radius 3 is 2.69 bits per heavy atom. The number of carbonyl (C=O) groups is 1. The molecule has 132 valence electrons. The van der Waals surface area contributed by atoms with Crippen LogP contribution in [0.15, 0.2) is 52.6 Å². The van der Waals surface area contributed by atoms with E-state index in [2.05, 4.69) is 26.6 Å². The Balaban J connectivity index is 2.18. The topological polar surface area (TPSA) is 108 Å². The summed E-state index contributed by atoms with van der Waals surface area (Å²) >= 11 is 9.32. The number of carbonyl (C=O) groups excluding carboxylic acids is 1. The number of hydrogen-bond donors (Lipinski definition) is 2. The van der Waals surface area contributed by atoms with Gasteiger partial charge in [0.1, 0.15) is 11.6 Å². The fraction of sp³-hybridized carbons (Fsp3) is 0.0588. The first-order valence-corrected chi connectivity index (χ1v) is 8.37. The molecule has 7 nitrogen and oxygen atoms in total. The maximum atomic E-state index is 12.2. The van der Waals surface area contributed by atoms with E-state index >= 15 is 0 Å². The summed E-state index contributed by atoms with van der Waals surface area (Å²) in [6, 6.07) is 10.9. The maximum absolute atomic E-state index is 12.2. The van der Waals surface area contributed by atoms with Gasteiger partial charge in [0, 0.05) is 28.5 Å². The molecule has 2 aromatic carbocycles. The van der Waals surface area contributed by atoms with Crippen molar-refractivity contribution in [2.24, 2.45) is 0 Å². The van der Waals surface area contributed by atoms with Crippen molar-refractivity contribution in [3.8, 4) is 6.07 Å². The number of anilines is 2. The Morgan fingerprint density at radius 1 is 1.35 bits per heavy atom. The van der Waals surface area contributed by atoms with Crippen molar-refractivity contribution < 1.29 is 9.72 Å². The molecular weight excluding hydrogens is 424 g/mol. The summed E-state index contributed by atoms with van der Waals surface area (Å²) in [6.07, 6.45) is 1.25. The van der Waals surface area contributed by atoms with Gasteiger partial charge in [-0.05, 0) is 36.8 Å². The lowest BCUT2D eigenvalue weighted by atomic mass is 10.2. The number of nitriles is 1. The highest BCUT2D eigenvalue weighted by molar-refractivity contribution is 9.10. The highest BCUT2D eigenvalue weighted by Crippen LogP contribution is 2.27. The zero-order chi connectivity index (χ0) is 19.3. The summed E-state index contributed by atoms with van der Waals surface area (Å²) in [4.78, 5) is 22.5. The number of nitrogens with one attached hydrogen (secondary N) is 2. The largest absolute Gasteiger partial charge is 0.360 e. The van der Waals surface area contributed by atoms with Crippen LogP contribution in [0.4, 0.5) is 17.1 Å². The summed E-state index contributed by atoms with van der Waals surface area (Å²) in [5.41, 5.74) is 1.28. The van der Waals surface area contributed by atoms with E-state index in [1.54, 1.807) is 12.1 Å². The first-order valence-electron chi connectivity index (χ1n) is 7.20. The van der Waals surface area contributed by atoms with Gasteiger partial charge in [-0.2, -0.15) is 5.26 Å². The van der Waals surface area contributed by atoms with Gasteiger partial charge in [-0.25, -0.2) is 0 Å². The van der Waals surface area contributed by atoms with Gasteiger partial charge in [0.25, 0.3) is 11.6 Å². The van der Waals surface area contributed by atoms with Gasteiger partial charge >= 0.3 is 0 Å². The van der Waals surface area contributed by atoms with E-state index in [0.29, 0.717) is 5.69 Å². The summed E-state index contributed by atoms with van der Waals surface area (Å²) in [5.74, 6) is -0.740. The smallest absolute Gasteiger partial charge is 0.271 e. The second-order valence-electron chi connectivity index (χ2n) is 5.15. The zero-order valence-corrected chi connectivity index (χ0v) is 15.8. The van der Waals surface area contributed by atoms with Crippen molar-refractivity contribution >= 4 is 50.5 Å². The molecular formula is C17H12BrClN4O3. The van der Waals surface area contributed by atoms with Crippen molar-refractivity contribution in [2.75, 3.05) is 10.6 Å². The lowest BCUT2D eigenvalue weighted by molar-refractivity contribution is -0.384. The van der Waals surface area contributed by atoms with Crippen molar-refractivity contribution in [2.45, 2.75) is 6.92 Å². The lowest BCUT2D eigenvalue weighted by Gasteiger charge is -2.07. The standard InChI is InChI=1S/C17H12BrClN4O3/c1-10-6-12(2-4-14(10)18)21-9-11(8-20)17(24)22-16-7-13(23(25)26)3-5-15(16)19/h2-7,9,21H,1H3,(H,22,24)/b11-9-. The van der Waals surface area contributed by atoms with Crippen LogP contribution in [0.5, 0.6) is 0 Å². The van der Waals surface area contributed by atoms with Crippen LogP contribution in [0.25, 0.3) is 0 Å². The average Bonchev–Trinajstić information content (AvgIpc) is 2.60. The van der Waals surface area contributed by atoms with Crippen LogP contribution >= 0.6 is 27.5 Å². The SMILES string of the molecule is Cc1cc(N/C=C(/C#N)C(=O)Nc2cc([N+](=O)[O-])ccc2Cl)ccc1Br. The number of amides is 1. The molecule has 2 N–H and O–H groups in total. The van der Waals surface area contributed by atoms with E-state index in [4.69, 9.17) is 11.6 Å². The molecule has 0 heterocycles. The Labute approximate surface area is 162 Å². The number of nitro benzene ring substituents is 1. The molecule has 0 bridgehead atoms. The van der Waals surface area contributed by atoms with E-state index < -0.39 is 10.8 Å². The predicted octanol–water partition coefficient (Wildman–Crippen LogP) is 4.78. The van der Waals surface area contributed by atoms with Crippen LogP contribution < -0.4 is 10.6 Å². The zero-order valence-electron chi connectivity index (χ0n) is 13.4. The number of halogens is 2. The van der Waals surface area contributed by atoms with Crippen LogP contribution in [-0.2, 0) is 4.79 Å². The molecule has 0 radical (unpaired) electrons. The van der Waals surface area contributed by atoms with Gasteiger partial charge in [-0.3, -0.25) is 14.9 Å². The van der Waals surface area contributed by atoms with Gasteiger partial charge in [-0.15, -0.1) is 0 Å². The predicted molar refractivity (Wildman–Crippen MR) is 103 cm³/mol. The average molecular weight is 436 g/mol. The van der Waals surface area contributed by atoms with Gasteiger partial charge in [0.2, 0.25) is 0 Å². The van der Waals surface area contributed by atoms with Gasteiger partial charge in [-0.1, -0.05) is 27.5 Å². The molecule has 2 rings (SSSR count). The first-order chi connectivity index (χ1) is 12.3. The fourth-order valence-corrected chi connectivity index (χ4v) is 2.36. The van der Waals surface area contributed by atoms with E-state index in [1.807, 2.05) is 19.1 Å². The number of rotatable bonds is 5. The minimum absolute atomic E-state index is 0.0477. The molecule has 0 unspecified atom stereocenters. The third-order valence-corrected chi connectivity index (χ3v) is 4.53. The van der Waals surface area contributed by atoms with Crippen LogP contribution in [-0.4, -0.2) is 10.8 Å². The second-order valence-corrected chi connectivity index (χ2v) is 6.42. The Bertz CT molecular complexity index is 954. The Hall–Kier alpha value is -2.89. The van der Waals surface area contributed by atoms with Crippen molar-refractivity contribution in [3.05, 3.63) is 73.3 Å². The normalized spacial score (nSPS) is 10.8. The van der Waals surface area contributed by atoms with Crippen molar-refractivity contribution in [3.63, 3.8) is 0 Å². The minimum atomic E-state index is -0.740. The number of hydrogen-bond acceptors (Lipinski definition) is 5. The molecule has 0 aromatic heterocycles. The number of nitrogens with zero attached hydrogens (tertiary/aromatic N) is 2. The monoisotopic (exact) mass is 434 g/mol. The molecule has 9 heteroatoms. The first kappa shape index (κ1) is 19.4. The van der Waals surface area contributed by atoms with Gasteiger partial charge < -0.3 is 10.6 Å². The van der Waals surface area contributed by atoms with E-state index in [1.165, 1.54) is 18.3 Å². The van der Waals surface area contributed by atoms with Crippen LogP contribution in [0.1, 0.15) is 5.56 Å². The summed E-state index contributed by atoms with van der Waals surface area (Å²) in [6.45, 7) is 1.90. The van der Waals surface area contributed by atoms with E-state index in [-0.39, 0.29) is 22.0 Å². The number of benzene rings is 2. The molecule has 0 saturated heterocycles. The highest BCUT2D eigenvalue weighted by atomic mass is 79.9. The van der Waals surface area contributed by atoms with Crippen molar-refractivity contribution in [1.82, 2.24) is 0 Å². The van der Waals surface area contributed by atoms with Crippen LogP contribution in [0.2, 0.25) is 5.02 Å². The molecule has 0 aliphatic carbocycles.